The van der Waals surface area contributed by atoms with Gasteiger partial charge in [-0.15, -0.1) is 0 Å². The zero-order valence-corrected chi connectivity index (χ0v) is 11.7. The minimum Gasteiger partial charge on any atom is -0.467 e. The van der Waals surface area contributed by atoms with Gasteiger partial charge in [-0.3, -0.25) is 9.59 Å². The topological polar surface area (TPSA) is 81.7 Å². The molecule has 1 atom stereocenters. The molecule has 2 aliphatic rings. The van der Waals surface area contributed by atoms with Crippen molar-refractivity contribution in [3.63, 3.8) is 0 Å². The Kier molecular flexibility index (Phi) is 4.98. The van der Waals surface area contributed by atoms with Crippen LogP contribution in [0.5, 0.6) is 0 Å². The zero-order valence-electron chi connectivity index (χ0n) is 11.7. The third kappa shape index (κ3) is 3.49. The van der Waals surface area contributed by atoms with Crippen molar-refractivity contribution < 1.29 is 23.9 Å². The van der Waals surface area contributed by atoms with E-state index in [9.17, 15) is 14.4 Å². The number of methoxy groups -OCH3 is 1. The van der Waals surface area contributed by atoms with E-state index >= 15 is 0 Å². The number of hydrogen-bond donors (Lipinski definition) is 1. The van der Waals surface area contributed by atoms with Crippen LogP contribution in [0.15, 0.2) is 0 Å². The van der Waals surface area contributed by atoms with E-state index in [2.05, 4.69) is 10.1 Å². The predicted molar refractivity (Wildman–Crippen MR) is 69.6 cm³/mol. The summed E-state index contributed by atoms with van der Waals surface area (Å²) in [6.45, 7) is -0.152. The van der Waals surface area contributed by atoms with Gasteiger partial charge in [-0.05, 0) is 25.7 Å². The molecule has 0 aromatic carbocycles. The summed E-state index contributed by atoms with van der Waals surface area (Å²) in [5.74, 6) is -1.10. The molecule has 20 heavy (non-hydrogen) atoms. The number of amides is 1. The summed E-state index contributed by atoms with van der Waals surface area (Å²) < 4.78 is 9.74. The number of rotatable bonds is 6. The molecule has 1 N–H and O–H groups in total. The number of carbonyl (C=O) groups excluding carboxylic acids is 3. The van der Waals surface area contributed by atoms with E-state index < -0.39 is 12.0 Å². The van der Waals surface area contributed by atoms with Crippen LogP contribution in [0.2, 0.25) is 0 Å². The second-order valence-electron chi connectivity index (χ2n) is 5.47. The Bertz CT molecular complexity index is 387. The maximum Gasteiger partial charge on any atom is 0.331 e. The van der Waals surface area contributed by atoms with Crippen molar-refractivity contribution in [2.45, 2.75) is 44.6 Å². The quantitative estimate of drug-likeness (QED) is 0.729. The molecule has 1 amide bonds. The number of esters is 2. The fraction of sp³-hybridized carbons (Fsp3) is 0.786. The van der Waals surface area contributed by atoms with Crippen LogP contribution in [-0.2, 0) is 23.9 Å². The Labute approximate surface area is 118 Å². The molecule has 2 rings (SSSR count). The summed E-state index contributed by atoms with van der Waals surface area (Å²) in [6.07, 6.45) is 5.46. The molecule has 0 aliphatic heterocycles. The maximum atomic E-state index is 11.8. The summed E-state index contributed by atoms with van der Waals surface area (Å²) in [6, 6.07) is -0.905. The first kappa shape index (κ1) is 14.8. The van der Waals surface area contributed by atoms with Crippen molar-refractivity contribution in [1.82, 2.24) is 5.32 Å². The molecule has 0 heterocycles. The third-order valence-corrected chi connectivity index (χ3v) is 4.11. The highest BCUT2D eigenvalue weighted by Gasteiger charge is 2.32. The lowest BCUT2D eigenvalue weighted by Gasteiger charge is -2.27. The van der Waals surface area contributed by atoms with Gasteiger partial charge in [-0.25, -0.2) is 4.79 Å². The second-order valence-corrected chi connectivity index (χ2v) is 5.47. The van der Waals surface area contributed by atoms with Gasteiger partial charge in [0.1, 0.15) is 6.61 Å². The van der Waals surface area contributed by atoms with E-state index in [0.29, 0.717) is 0 Å². The molecule has 0 unspecified atom stereocenters. The summed E-state index contributed by atoms with van der Waals surface area (Å²) in [5, 5.41) is 2.61. The van der Waals surface area contributed by atoms with Crippen molar-refractivity contribution in [3.05, 3.63) is 0 Å². The molecule has 2 fully saturated rings. The average Bonchev–Trinajstić information content (AvgIpc) is 2.28. The van der Waals surface area contributed by atoms with Crippen molar-refractivity contribution >= 4 is 17.8 Å². The van der Waals surface area contributed by atoms with Crippen LogP contribution in [-0.4, -0.2) is 37.6 Å². The van der Waals surface area contributed by atoms with Gasteiger partial charge in [-0.1, -0.05) is 12.8 Å². The normalized spacial score (nSPS) is 20.2. The average molecular weight is 283 g/mol. The Morgan fingerprint density at radius 2 is 1.70 bits per heavy atom. The molecule has 0 spiro atoms. The van der Waals surface area contributed by atoms with Crippen molar-refractivity contribution in [2.24, 2.45) is 11.8 Å². The molecule has 112 valence electrons. The lowest BCUT2D eigenvalue weighted by Crippen LogP contribution is -2.48. The van der Waals surface area contributed by atoms with E-state index in [1.807, 2.05) is 0 Å². The van der Waals surface area contributed by atoms with Crippen LogP contribution in [0, 0.1) is 11.8 Å². The molecule has 0 aromatic rings. The first-order valence-corrected chi connectivity index (χ1v) is 7.16. The molecule has 6 nitrogen and oxygen atoms in total. The molecular formula is C14H21NO5. The highest BCUT2D eigenvalue weighted by Crippen LogP contribution is 2.28. The van der Waals surface area contributed by atoms with Crippen LogP contribution in [0.1, 0.15) is 38.5 Å². The predicted octanol–water partition coefficient (Wildman–Crippen LogP) is 0.788. The fourth-order valence-electron chi connectivity index (χ4n) is 2.20. The standard InChI is InChI=1S/C14H21NO5/c1-19-14(18)11(15-12(16)9-4-2-5-9)8-20-13(17)10-6-3-7-10/h9-11H,2-8H2,1H3,(H,15,16)/t11-/m0/s1. The molecule has 0 radical (unpaired) electrons. The van der Waals surface area contributed by atoms with Gasteiger partial charge < -0.3 is 14.8 Å². The molecule has 0 saturated heterocycles. The van der Waals surface area contributed by atoms with Gasteiger partial charge in [0.05, 0.1) is 13.0 Å². The van der Waals surface area contributed by atoms with Crippen LogP contribution in [0.25, 0.3) is 0 Å². The van der Waals surface area contributed by atoms with Gasteiger partial charge >= 0.3 is 11.9 Å². The SMILES string of the molecule is COC(=O)[C@H](COC(=O)C1CCC1)NC(=O)C1CCC1. The third-order valence-electron chi connectivity index (χ3n) is 4.11. The van der Waals surface area contributed by atoms with Gasteiger partial charge in [0.15, 0.2) is 6.04 Å². The monoisotopic (exact) mass is 283 g/mol. The van der Waals surface area contributed by atoms with E-state index in [1.165, 1.54) is 7.11 Å². The van der Waals surface area contributed by atoms with E-state index in [0.717, 1.165) is 38.5 Å². The minimum atomic E-state index is -0.905. The number of nitrogens with one attached hydrogen (secondary N) is 1. The van der Waals surface area contributed by atoms with Gasteiger partial charge in [0.25, 0.3) is 0 Å². The summed E-state index contributed by atoms with van der Waals surface area (Å²) in [5.41, 5.74) is 0. The zero-order chi connectivity index (χ0) is 14.5. The van der Waals surface area contributed by atoms with Crippen molar-refractivity contribution in [3.8, 4) is 0 Å². The lowest BCUT2D eigenvalue weighted by atomic mass is 9.84. The highest BCUT2D eigenvalue weighted by molar-refractivity contribution is 5.86. The van der Waals surface area contributed by atoms with Gasteiger partial charge in [0.2, 0.25) is 5.91 Å². The van der Waals surface area contributed by atoms with Gasteiger partial charge in [-0.2, -0.15) is 0 Å². The fourth-order valence-corrected chi connectivity index (χ4v) is 2.20. The largest absolute Gasteiger partial charge is 0.467 e. The molecule has 0 bridgehead atoms. The second kappa shape index (κ2) is 6.72. The first-order chi connectivity index (χ1) is 9.61. The molecular weight excluding hydrogens is 262 g/mol. The summed E-state index contributed by atoms with van der Waals surface area (Å²) in [7, 11) is 1.25. The lowest BCUT2D eigenvalue weighted by molar-refractivity contribution is -0.157. The first-order valence-electron chi connectivity index (χ1n) is 7.16. The van der Waals surface area contributed by atoms with E-state index in [1.54, 1.807) is 0 Å². The van der Waals surface area contributed by atoms with Crippen LogP contribution in [0.3, 0.4) is 0 Å². The Balaban J connectivity index is 1.81. The Hall–Kier alpha value is -1.59. The Morgan fingerprint density at radius 1 is 1.10 bits per heavy atom. The highest BCUT2D eigenvalue weighted by atomic mass is 16.5. The summed E-state index contributed by atoms with van der Waals surface area (Å²) >= 11 is 0. The number of ether oxygens (including phenoxy) is 2. The van der Waals surface area contributed by atoms with E-state index in [4.69, 9.17) is 4.74 Å². The van der Waals surface area contributed by atoms with E-state index in [-0.39, 0.29) is 30.3 Å². The number of hydrogen-bond acceptors (Lipinski definition) is 5. The van der Waals surface area contributed by atoms with Crippen LogP contribution >= 0.6 is 0 Å². The van der Waals surface area contributed by atoms with Gasteiger partial charge in [0, 0.05) is 5.92 Å². The maximum absolute atomic E-state index is 11.8. The molecule has 2 saturated carbocycles. The number of carbonyl (C=O) groups is 3. The van der Waals surface area contributed by atoms with Crippen molar-refractivity contribution in [1.29, 1.82) is 0 Å². The molecule has 6 heteroatoms. The van der Waals surface area contributed by atoms with Crippen molar-refractivity contribution in [2.75, 3.05) is 13.7 Å². The minimum absolute atomic E-state index is 0.0236. The summed E-state index contributed by atoms with van der Waals surface area (Å²) in [4.78, 5) is 35.1. The molecule has 2 aliphatic carbocycles. The van der Waals surface area contributed by atoms with Crippen LogP contribution < -0.4 is 5.32 Å². The van der Waals surface area contributed by atoms with Crippen LogP contribution in [0.4, 0.5) is 0 Å². The Morgan fingerprint density at radius 3 is 2.15 bits per heavy atom. The smallest absolute Gasteiger partial charge is 0.331 e. The molecule has 0 aromatic heterocycles.